The predicted octanol–water partition coefficient (Wildman–Crippen LogP) is 3.86. The first-order valence-electron chi connectivity index (χ1n) is 7.60. The molecule has 3 nitrogen and oxygen atoms in total. The molecule has 6 heteroatoms. The van der Waals surface area contributed by atoms with Crippen molar-refractivity contribution in [1.29, 1.82) is 0 Å². The zero-order chi connectivity index (χ0) is 17.6. The van der Waals surface area contributed by atoms with E-state index in [0.29, 0.717) is 6.42 Å². The molecule has 1 atom stereocenters. The lowest BCUT2D eigenvalue weighted by molar-refractivity contribution is 0.0821. The maximum atomic E-state index is 14.1. The third-order valence-corrected chi connectivity index (χ3v) is 6.34. The van der Waals surface area contributed by atoms with Crippen molar-refractivity contribution >= 4 is 9.84 Å². The Bertz CT molecular complexity index is 716. The molecule has 1 fully saturated rings. The van der Waals surface area contributed by atoms with Crippen LogP contribution in [-0.4, -0.2) is 25.6 Å². The number of benzene rings is 1. The molecule has 0 spiro atoms. The fraction of sp³-hybridized carbons (Fsp3) is 0.529. The van der Waals surface area contributed by atoms with E-state index in [4.69, 9.17) is 0 Å². The number of halogens is 2. The van der Waals surface area contributed by atoms with Gasteiger partial charge in [-0.1, -0.05) is 31.0 Å². The third kappa shape index (κ3) is 2.83. The largest absolute Gasteiger partial charge is 0.388 e. The van der Waals surface area contributed by atoms with Gasteiger partial charge >= 0.3 is 0 Å². The molecule has 1 aliphatic rings. The van der Waals surface area contributed by atoms with Crippen LogP contribution in [-0.2, 0) is 9.84 Å². The highest BCUT2D eigenvalue weighted by atomic mass is 32.2. The smallest absolute Gasteiger partial charge is 0.280 e. The molecule has 1 saturated carbocycles. The molecule has 1 aromatic carbocycles. The Kier molecular flexibility index (Phi) is 4.45. The van der Waals surface area contributed by atoms with Gasteiger partial charge in [0.2, 0.25) is 9.84 Å². The molecule has 0 aliphatic heterocycles. The van der Waals surface area contributed by atoms with Crippen LogP contribution in [0.5, 0.6) is 0 Å². The van der Waals surface area contributed by atoms with E-state index in [1.165, 1.54) is 26.0 Å². The molecule has 0 heterocycles. The van der Waals surface area contributed by atoms with Gasteiger partial charge in [-0.2, -0.15) is 0 Å². The van der Waals surface area contributed by atoms with E-state index in [9.17, 15) is 22.3 Å². The van der Waals surface area contributed by atoms with Crippen LogP contribution in [0.25, 0.3) is 0 Å². The van der Waals surface area contributed by atoms with Gasteiger partial charge in [0.1, 0.15) is 0 Å². The van der Waals surface area contributed by atoms with Crippen molar-refractivity contribution in [2.24, 2.45) is 5.41 Å². The van der Waals surface area contributed by atoms with Crippen molar-refractivity contribution in [1.82, 2.24) is 0 Å². The lowest BCUT2D eigenvalue weighted by Crippen LogP contribution is -2.20. The quantitative estimate of drug-likeness (QED) is 0.882. The average molecular weight is 344 g/mol. The van der Waals surface area contributed by atoms with E-state index >= 15 is 0 Å². The first-order chi connectivity index (χ1) is 10.5. The van der Waals surface area contributed by atoms with E-state index in [0.717, 1.165) is 5.56 Å². The maximum Gasteiger partial charge on any atom is 0.280 e. The number of hydrogen-bond donors (Lipinski definition) is 1. The Morgan fingerprint density at radius 3 is 2.09 bits per heavy atom. The van der Waals surface area contributed by atoms with Gasteiger partial charge in [-0.3, -0.25) is 0 Å². The van der Waals surface area contributed by atoms with Crippen molar-refractivity contribution in [3.8, 4) is 0 Å². The third-order valence-electron chi connectivity index (χ3n) is 4.39. The molecule has 0 aromatic heterocycles. The molecule has 1 N–H and O–H groups in total. The van der Waals surface area contributed by atoms with Crippen LogP contribution in [0.2, 0.25) is 0 Å². The van der Waals surface area contributed by atoms with Crippen LogP contribution in [0.3, 0.4) is 0 Å². The Labute approximate surface area is 136 Å². The number of aliphatic hydroxyl groups is 1. The number of aryl methyl sites for hydroxylation is 1. The summed E-state index contributed by atoms with van der Waals surface area (Å²) in [7, 11) is -4.17. The van der Waals surface area contributed by atoms with E-state index in [2.05, 4.69) is 0 Å². The minimum absolute atomic E-state index is 0.0701. The number of aliphatic hydroxyl groups excluding tert-OH is 1. The fourth-order valence-corrected chi connectivity index (χ4v) is 4.63. The van der Waals surface area contributed by atoms with Gasteiger partial charge in [-0.25, -0.2) is 17.2 Å². The molecule has 0 bridgehead atoms. The summed E-state index contributed by atoms with van der Waals surface area (Å²) < 4.78 is 53.9. The van der Waals surface area contributed by atoms with Crippen molar-refractivity contribution in [2.75, 3.05) is 0 Å². The van der Waals surface area contributed by atoms with Crippen LogP contribution in [0.4, 0.5) is 8.78 Å². The summed E-state index contributed by atoms with van der Waals surface area (Å²) in [6, 6.07) is 5.99. The molecule has 0 radical (unpaired) electrons. The predicted molar refractivity (Wildman–Crippen MR) is 85.0 cm³/mol. The topological polar surface area (TPSA) is 54.4 Å². The van der Waals surface area contributed by atoms with E-state index < -0.39 is 37.8 Å². The van der Waals surface area contributed by atoms with Crippen LogP contribution in [0.15, 0.2) is 39.6 Å². The second-order valence-electron chi connectivity index (χ2n) is 6.56. The Morgan fingerprint density at radius 1 is 1.22 bits per heavy atom. The zero-order valence-electron chi connectivity index (χ0n) is 13.7. The summed E-state index contributed by atoms with van der Waals surface area (Å²) >= 11 is 0. The second kappa shape index (κ2) is 5.67. The highest BCUT2D eigenvalue weighted by Crippen LogP contribution is 2.67. The Morgan fingerprint density at radius 2 is 1.70 bits per heavy atom. The lowest BCUT2D eigenvalue weighted by Gasteiger charge is -2.16. The number of allylic oxidation sites excluding steroid dienone is 1. The minimum Gasteiger partial charge on any atom is -0.388 e. The summed E-state index contributed by atoms with van der Waals surface area (Å²) in [6.07, 6.45) is -0.808. The van der Waals surface area contributed by atoms with Crippen LogP contribution in [0.1, 0.15) is 39.2 Å². The molecule has 0 saturated heterocycles. The first-order valence-corrected chi connectivity index (χ1v) is 9.09. The van der Waals surface area contributed by atoms with Gasteiger partial charge in [-0.05, 0) is 39.3 Å². The summed E-state index contributed by atoms with van der Waals surface area (Å²) in [5, 5.41) is 10.3. The Hall–Kier alpha value is -1.27. The standard InChI is InChI=1S/C17H22F2O3S/c1-5-6-13(20)14(15-16(3,4)17(15,18)19)23(21,22)12-9-7-11(2)8-10-12/h7-10,13,20H,5-6H2,1-4H3/b15-14+. The van der Waals surface area contributed by atoms with Crippen molar-refractivity contribution < 1.29 is 22.3 Å². The van der Waals surface area contributed by atoms with Crippen LogP contribution in [0, 0.1) is 12.3 Å². The number of alkyl halides is 2. The van der Waals surface area contributed by atoms with Gasteiger partial charge < -0.3 is 5.11 Å². The molecule has 0 amide bonds. The average Bonchev–Trinajstić information content (AvgIpc) is 2.82. The molecule has 128 valence electrons. The zero-order valence-corrected chi connectivity index (χ0v) is 14.5. The molecule has 23 heavy (non-hydrogen) atoms. The maximum absolute atomic E-state index is 14.1. The summed E-state index contributed by atoms with van der Waals surface area (Å²) in [5.41, 5.74) is -1.15. The SMILES string of the molecule is CCCC(O)/C(=C1/C(C)(C)C1(F)F)S(=O)(=O)c1ccc(C)cc1. The minimum atomic E-state index is -4.17. The summed E-state index contributed by atoms with van der Waals surface area (Å²) in [6.45, 7) is 6.16. The lowest BCUT2D eigenvalue weighted by atomic mass is 10.1. The van der Waals surface area contributed by atoms with E-state index in [-0.39, 0.29) is 11.3 Å². The van der Waals surface area contributed by atoms with Crippen LogP contribution < -0.4 is 0 Å². The van der Waals surface area contributed by atoms with Crippen LogP contribution >= 0.6 is 0 Å². The Balaban J connectivity index is 2.65. The van der Waals surface area contributed by atoms with Gasteiger partial charge in [-0.15, -0.1) is 0 Å². The summed E-state index contributed by atoms with van der Waals surface area (Å²) in [4.78, 5) is -0.600. The molecular formula is C17H22F2O3S. The molecule has 1 aliphatic carbocycles. The van der Waals surface area contributed by atoms with Gasteiger partial charge in [0, 0.05) is 5.57 Å². The number of rotatable bonds is 5. The van der Waals surface area contributed by atoms with Gasteiger partial charge in [0.15, 0.2) is 0 Å². The van der Waals surface area contributed by atoms with Crippen molar-refractivity contribution in [3.63, 3.8) is 0 Å². The number of hydrogen-bond acceptors (Lipinski definition) is 3. The molecule has 1 unspecified atom stereocenters. The normalized spacial score (nSPS) is 22.6. The molecular weight excluding hydrogens is 322 g/mol. The molecule has 2 rings (SSSR count). The highest BCUT2D eigenvalue weighted by molar-refractivity contribution is 7.95. The van der Waals surface area contributed by atoms with Crippen molar-refractivity contribution in [3.05, 3.63) is 40.3 Å². The molecule has 1 aromatic rings. The number of sulfone groups is 1. The van der Waals surface area contributed by atoms with Crippen molar-refractivity contribution in [2.45, 2.75) is 57.5 Å². The van der Waals surface area contributed by atoms with Gasteiger partial charge in [0.05, 0.1) is 21.3 Å². The van der Waals surface area contributed by atoms with E-state index in [1.54, 1.807) is 26.0 Å². The highest BCUT2D eigenvalue weighted by Gasteiger charge is 2.73. The first kappa shape index (κ1) is 18.1. The monoisotopic (exact) mass is 344 g/mol. The summed E-state index contributed by atoms with van der Waals surface area (Å²) in [5.74, 6) is -3.21. The van der Waals surface area contributed by atoms with E-state index in [1.807, 2.05) is 0 Å². The van der Waals surface area contributed by atoms with Gasteiger partial charge in [0.25, 0.3) is 5.92 Å². The fourth-order valence-electron chi connectivity index (χ4n) is 2.76. The second-order valence-corrected chi connectivity index (χ2v) is 8.48.